The molecule has 2 aliphatic rings. The van der Waals surface area contributed by atoms with E-state index < -0.39 is 12.3 Å². The van der Waals surface area contributed by atoms with Crippen LogP contribution in [0.3, 0.4) is 0 Å². The second-order valence-corrected chi connectivity index (χ2v) is 7.47. The normalized spacial score (nSPS) is 22.0. The molecular formula is C20H22F2N6O2. The standard InChI is InChI=1S/C20H22F2N6O2/c21-17(22)19-27-26-18(30-19)13-9-14-15(24-10-13)11-28(20(14)29)16-7-2-1-5-12(16)6-3-4-8-25-23/h3-4,8-10,12,16-17H,1-2,5-7,11,23H2/b4-3-,25-8-/t12-,16+/m0/s1. The monoisotopic (exact) mass is 416 g/mol. The zero-order valence-corrected chi connectivity index (χ0v) is 16.2. The van der Waals surface area contributed by atoms with E-state index in [9.17, 15) is 13.6 Å². The molecule has 2 aromatic rings. The van der Waals surface area contributed by atoms with Gasteiger partial charge in [0.15, 0.2) is 0 Å². The van der Waals surface area contributed by atoms with Crippen molar-refractivity contribution in [3.8, 4) is 11.5 Å². The van der Waals surface area contributed by atoms with Gasteiger partial charge in [-0.1, -0.05) is 18.9 Å². The molecule has 1 amide bonds. The Morgan fingerprint density at radius 3 is 2.93 bits per heavy atom. The number of aromatic nitrogens is 3. The van der Waals surface area contributed by atoms with Crippen LogP contribution in [-0.2, 0) is 6.54 Å². The van der Waals surface area contributed by atoms with Crippen molar-refractivity contribution in [3.05, 3.63) is 41.6 Å². The Labute approximate surface area is 171 Å². The van der Waals surface area contributed by atoms with Crippen molar-refractivity contribution in [1.82, 2.24) is 20.1 Å². The number of hydrazone groups is 1. The summed E-state index contributed by atoms with van der Waals surface area (Å²) in [6.07, 6.45) is 9.06. The zero-order chi connectivity index (χ0) is 21.1. The average Bonchev–Trinajstić information content (AvgIpc) is 3.37. The Balaban J connectivity index is 1.53. The van der Waals surface area contributed by atoms with E-state index in [-0.39, 0.29) is 17.8 Å². The van der Waals surface area contributed by atoms with Crippen LogP contribution in [0.15, 0.2) is 33.9 Å². The summed E-state index contributed by atoms with van der Waals surface area (Å²) in [6.45, 7) is 0.440. The highest BCUT2D eigenvalue weighted by molar-refractivity contribution is 5.98. The maximum absolute atomic E-state index is 13.2. The Morgan fingerprint density at radius 2 is 2.17 bits per heavy atom. The molecule has 0 unspecified atom stereocenters. The minimum Gasteiger partial charge on any atom is -0.415 e. The molecule has 3 heterocycles. The van der Waals surface area contributed by atoms with Gasteiger partial charge in [-0.25, -0.2) is 0 Å². The van der Waals surface area contributed by atoms with Gasteiger partial charge in [0.25, 0.3) is 11.8 Å². The number of alkyl halides is 2. The van der Waals surface area contributed by atoms with Gasteiger partial charge in [-0.2, -0.15) is 13.9 Å². The third kappa shape index (κ3) is 3.94. The van der Waals surface area contributed by atoms with Crippen LogP contribution in [0.5, 0.6) is 0 Å². The summed E-state index contributed by atoms with van der Waals surface area (Å²) in [5, 5.41) is 10.4. The van der Waals surface area contributed by atoms with E-state index >= 15 is 0 Å². The summed E-state index contributed by atoms with van der Waals surface area (Å²) >= 11 is 0. The lowest BCUT2D eigenvalue weighted by molar-refractivity contribution is 0.0561. The number of halogens is 2. The molecule has 0 aromatic carbocycles. The highest BCUT2D eigenvalue weighted by atomic mass is 19.3. The molecule has 1 aliphatic carbocycles. The molecule has 4 rings (SSSR count). The summed E-state index contributed by atoms with van der Waals surface area (Å²) in [7, 11) is 0. The smallest absolute Gasteiger partial charge is 0.314 e. The third-order valence-corrected chi connectivity index (χ3v) is 5.67. The van der Waals surface area contributed by atoms with Crippen LogP contribution in [0, 0.1) is 5.92 Å². The number of nitrogens with zero attached hydrogens (tertiary/aromatic N) is 5. The zero-order valence-electron chi connectivity index (χ0n) is 16.2. The van der Waals surface area contributed by atoms with E-state index in [0.29, 0.717) is 29.3 Å². The Kier molecular flexibility index (Phi) is 5.82. The number of carbonyl (C=O) groups is 1. The van der Waals surface area contributed by atoms with Crippen LogP contribution in [0.25, 0.3) is 11.5 Å². The van der Waals surface area contributed by atoms with Gasteiger partial charge in [0, 0.05) is 18.5 Å². The third-order valence-electron chi connectivity index (χ3n) is 5.67. The molecule has 2 N–H and O–H groups in total. The summed E-state index contributed by atoms with van der Waals surface area (Å²) in [6, 6.07) is 1.72. The molecule has 1 fully saturated rings. The van der Waals surface area contributed by atoms with Crippen molar-refractivity contribution in [2.75, 3.05) is 0 Å². The number of fused-ring (bicyclic) bond motifs is 1. The van der Waals surface area contributed by atoms with Gasteiger partial charge in [-0.15, -0.1) is 10.2 Å². The summed E-state index contributed by atoms with van der Waals surface area (Å²) in [5.74, 6) is 4.54. The van der Waals surface area contributed by atoms with Gasteiger partial charge in [-0.05, 0) is 37.3 Å². The molecule has 1 aliphatic heterocycles. The minimum absolute atomic E-state index is 0.0749. The SMILES string of the molecule is N/N=C\C=C/C[C@@H]1CCCC[C@H]1N1Cc2ncc(-c3nnc(C(F)F)o3)cc2C1=O. The first-order chi connectivity index (χ1) is 14.6. The lowest BCUT2D eigenvalue weighted by Gasteiger charge is -2.37. The van der Waals surface area contributed by atoms with Crippen molar-refractivity contribution >= 4 is 12.1 Å². The molecule has 2 aromatic heterocycles. The van der Waals surface area contributed by atoms with E-state index in [2.05, 4.69) is 20.3 Å². The van der Waals surface area contributed by atoms with Gasteiger partial charge in [0.05, 0.1) is 23.4 Å². The molecule has 158 valence electrons. The molecule has 0 saturated heterocycles. The van der Waals surface area contributed by atoms with Crippen LogP contribution in [0.2, 0.25) is 0 Å². The maximum atomic E-state index is 13.2. The average molecular weight is 416 g/mol. The molecule has 0 bridgehead atoms. The van der Waals surface area contributed by atoms with E-state index in [1.165, 1.54) is 12.4 Å². The van der Waals surface area contributed by atoms with Crippen molar-refractivity contribution in [1.29, 1.82) is 0 Å². The fraction of sp³-hybridized carbons (Fsp3) is 0.450. The first-order valence-electron chi connectivity index (χ1n) is 9.88. The molecular weight excluding hydrogens is 394 g/mol. The van der Waals surface area contributed by atoms with Crippen LogP contribution >= 0.6 is 0 Å². The van der Waals surface area contributed by atoms with Crippen LogP contribution < -0.4 is 5.84 Å². The summed E-state index contributed by atoms with van der Waals surface area (Å²) in [5.41, 5.74) is 1.49. The number of nitrogens with two attached hydrogens (primary N) is 1. The lowest BCUT2D eigenvalue weighted by Crippen LogP contribution is -2.42. The van der Waals surface area contributed by atoms with E-state index in [1.807, 2.05) is 17.1 Å². The van der Waals surface area contributed by atoms with E-state index in [4.69, 9.17) is 10.3 Å². The number of amides is 1. The summed E-state index contributed by atoms with van der Waals surface area (Å²) in [4.78, 5) is 19.4. The largest absolute Gasteiger partial charge is 0.415 e. The molecule has 8 nitrogen and oxygen atoms in total. The van der Waals surface area contributed by atoms with Crippen molar-refractivity contribution in [2.45, 2.75) is 51.1 Å². The Bertz CT molecular complexity index is 974. The fourth-order valence-electron chi connectivity index (χ4n) is 4.25. The molecule has 2 atom stereocenters. The lowest BCUT2D eigenvalue weighted by atomic mass is 9.81. The van der Waals surface area contributed by atoms with E-state index in [1.54, 1.807) is 6.07 Å². The van der Waals surface area contributed by atoms with Gasteiger partial charge in [-0.3, -0.25) is 9.78 Å². The van der Waals surface area contributed by atoms with Crippen molar-refractivity contribution in [3.63, 3.8) is 0 Å². The quantitative estimate of drug-likeness (QED) is 0.439. The highest BCUT2D eigenvalue weighted by Gasteiger charge is 2.38. The maximum Gasteiger partial charge on any atom is 0.314 e. The molecule has 30 heavy (non-hydrogen) atoms. The first kappa shape index (κ1) is 20.1. The predicted molar refractivity (Wildman–Crippen MR) is 105 cm³/mol. The van der Waals surface area contributed by atoms with Crippen LogP contribution in [-0.4, -0.2) is 38.2 Å². The second-order valence-electron chi connectivity index (χ2n) is 7.47. The number of hydrogen-bond donors (Lipinski definition) is 1. The number of hydrogen-bond acceptors (Lipinski definition) is 7. The molecule has 10 heteroatoms. The van der Waals surface area contributed by atoms with Gasteiger partial charge < -0.3 is 15.2 Å². The Hall–Kier alpha value is -3.17. The fourth-order valence-corrected chi connectivity index (χ4v) is 4.25. The highest BCUT2D eigenvalue weighted by Crippen LogP contribution is 2.36. The van der Waals surface area contributed by atoms with Gasteiger partial charge in [0.2, 0.25) is 5.89 Å². The van der Waals surface area contributed by atoms with Crippen LogP contribution in [0.4, 0.5) is 8.78 Å². The molecule has 0 spiro atoms. The molecule has 1 saturated carbocycles. The van der Waals surface area contributed by atoms with Gasteiger partial charge in [0.1, 0.15) is 0 Å². The number of carbonyl (C=O) groups excluding carboxylic acids is 1. The van der Waals surface area contributed by atoms with Crippen LogP contribution in [0.1, 0.15) is 60.5 Å². The van der Waals surface area contributed by atoms with Gasteiger partial charge >= 0.3 is 6.43 Å². The van der Waals surface area contributed by atoms with E-state index in [0.717, 1.165) is 32.1 Å². The van der Waals surface area contributed by atoms with Crippen molar-refractivity contribution < 1.29 is 18.0 Å². The first-order valence-corrected chi connectivity index (χ1v) is 9.88. The minimum atomic E-state index is -2.85. The topological polar surface area (TPSA) is 110 Å². The number of allylic oxidation sites excluding steroid dienone is 2. The van der Waals surface area contributed by atoms with Crippen molar-refractivity contribution in [2.24, 2.45) is 16.9 Å². The predicted octanol–water partition coefficient (Wildman–Crippen LogP) is 3.47. The summed E-state index contributed by atoms with van der Waals surface area (Å²) < 4.78 is 30.4. The second kappa shape index (κ2) is 8.68. The number of rotatable bonds is 6. The Morgan fingerprint density at radius 1 is 1.33 bits per heavy atom. The molecule has 0 radical (unpaired) electrons. The number of pyridine rings is 1.